The number of amides is 2. The van der Waals surface area contributed by atoms with Gasteiger partial charge in [0.25, 0.3) is 5.91 Å². The Hall–Kier alpha value is -3.59. The number of carbonyl (C=O) groups excluding carboxylic acids is 2. The minimum absolute atomic E-state index is 0.145. The summed E-state index contributed by atoms with van der Waals surface area (Å²) in [6.07, 6.45) is 6.63. The summed E-state index contributed by atoms with van der Waals surface area (Å²) >= 11 is 6.49. The standard InChI is InChI=1S/C22H21ClN6O3/c23-14-8-26-22-19(18(14)27-17-11-5-4-10(6-11)16(17)20(25)31)28-21(29-22)12-2-1-3-13(7-12)32-9-15(24)30/h1-5,7-8,10-11,16-17H,6,9H2,(H2,24,30)(H2,25,31)(H2,26,27,28,29)/t10-,11+,16+,17-/m1/s1. The van der Waals surface area contributed by atoms with Gasteiger partial charge < -0.3 is 26.5 Å². The van der Waals surface area contributed by atoms with Gasteiger partial charge in [-0.2, -0.15) is 0 Å². The minimum atomic E-state index is -0.557. The number of nitrogens with zero attached hydrogens (tertiary/aromatic N) is 2. The number of H-pyrrole nitrogens is 1. The Morgan fingerprint density at radius 2 is 2.06 bits per heavy atom. The molecule has 0 unspecified atom stereocenters. The average Bonchev–Trinajstić information content (AvgIpc) is 3.49. The summed E-state index contributed by atoms with van der Waals surface area (Å²) in [5.41, 5.74) is 13.3. The van der Waals surface area contributed by atoms with Crippen LogP contribution in [0.1, 0.15) is 6.42 Å². The van der Waals surface area contributed by atoms with E-state index in [1.165, 1.54) is 6.20 Å². The van der Waals surface area contributed by atoms with Crippen molar-refractivity contribution in [1.82, 2.24) is 15.0 Å². The molecule has 1 aromatic carbocycles. The number of imidazole rings is 1. The summed E-state index contributed by atoms with van der Waals surface area (Å²) in [5.74, 6) is 0.221. The number of pyridine rings is 1. The Kier molecular flexibility index (Phi) is 4.97. The van der Waals surface area contributed by atoms with Gasteiger partial charge in [-0.15, -0.1) is 0 Å². The average molecular weight is 453 g/mol. The van der Waals surface area contributed by atoms with Gasteiger partial charge in [0.1, 0.15) is 17.1 Å². The predicted octanol–water partition coefficient (Wildman–Crippen LogP) is 2.23. The lowest BCUT2D eigenvalue weighted by Gasteiger charge is -2.28. The van der Waals surface area contributed by atoms with Crippen molar-refractivity contribution in [3.63, 3.8) is 0 Å². The van der Waals surface area contributed by atoms with Crippen molar-refractivity contribution in [3.8, 4) is 17.1 Å². The van der Waals surface area contributed by atoms with Crippen LogP contribution in [0.25, 0.3) is 22.6 Å². The summed E-state index contributed by atoms with van der Waals surface area (Å²) in [6, 6.07) is 6.97. The van der Waals surface area contributed by atoms with E-state index in [1.54, 1.807) is 18.2 Å². The fourth-order valence-corrected chi connectivity index (χ4v) is 4.87. The summed E-state index contributed by atoms with van der Waals surface area (Å²) in [7, 11) is 0. The van der Waals surface area contributed by atoms with Crippen molar-refractivity contribution in [3.05, 3.63) is 47.6 Å². The topological polar surface area (TPSA) is 149 Å². The van der Waals surface area contributed by atoms with Crippen molar-refractivity contribution in [1.29, 1.82) is 0 Å². The zero-order valence-electron chi connectivity index (χ0n) is 16.9. The number of ether oxygens (including phenoxy) is 1. The second-order valence-electron chi connectivity index (χ2n) is 8.09. The number of hydrogen-bond donors (Lipinski definition) is 4. The fourth-order valence-electron chi connectivity index (χ4n) is 4.67. The molecule has 10 heteroatoms. The number of rotatable bonds is 7. The maximum Gasteiger partial charge on any atom is 0.255 e. The molecule has 32 heavy (non-hydrogen) atoms. The molecule has 164 valence electrons. The number of primary amides is 2. The Morgan fingerprint density at radius 1 is 1.25 bits per heavy atom. The van der Waals surface area contributed by atoms with Crippen LogP contribution in [0.3, 0.4) is 0 Å². The molecule has 3 aromatic rings. The van der Waals surface area contributed by atoms with Gasteiger partial charge in [0, 0.05) is 11.6 Å². The van der Waals surface area contributed by atoms with Gasteiger partial charge in [-0.05, 0) is 30.4 Å². The molecular weight excluding hydrogens is 432 g/mol. The number of halogens is 1. The molecule has 2 heterocycles. The summed E-state index contributed by atoms with van der Waals surface area (Å²) in [6.45, 7) is -0.214. The summed E-state index contributed by atoms with van der Waals surface area (Å²) < 4.78 is 5.38. The third-order valence-corrected chi connectivity index (χ3v) is 6.35. The zero-order chi connectivity index (χ0) is 22.4. The summed E-state index contributed by atoms with van der Waals surface area (Å²) in [5, 5.41) is 3.87. The van der Waals surface area contributed by atoms with E-state index in [0.717, 1.165) is 12.0 Å². The molecule has 4 atom stereocenters. The highest BCUT2D eigenvalue weighted by Crippen LogP contribution is 2.46. The van der Waals surface area contributed by atoms with Crippen molar-refractivity contribution >= 4 is 40.3 Å². The third kappa shape index (κ3) is 3.54. The smallest absolute Gasteiger partial charge is 0.255 e. The Bertz CT molecular complexity index is 1260. The fraction of sp³-hybridized carbons (Fsp3) is 0.273. The number of fused-ring (bicyclic) bond motifs is 3. The van der Waals surface area contributed by atoms with Gasteiger partial charge in [0.15, 0.2) is 12.3 Å². The van der Waals surface area contributed by atoms with E-state index in [0.29, 0.717) is 33.4 Å². The number of aromatic nitrogens is 3. The first-order valence-electron chi connectivity index (χ1n) is 10.2. The molecular formula is C22H21ClN6O3. The van der Waals surface area contributed by atoms with Gasteiger partial charge in [-0.25, -0.2) is 9.97 Å². The minimum Gasteiger partial charge on any atom is -0.484 e. The molecule has 0 aliphatic heterocycles. The number of benzene rings is 1. The maximum atomic E-state index is 12.1. The van der Waals surface area contributed by atoms with Gasteiger partial charge in [0.05, 0.1) is 22.8 Å². The van der Waals surface area contributed by atoms with Crippen LogP contribution in [-0.2, 0) is 9.59 Å². The molecule has 6 N–H and O–H groups in total. The molecule has 1 saturated carbocycles. The molecule has 2 aromatic heterocycles. The number of anilines is 1. The first-order valence-corrected chi connectivity index (χ1v) is 10.6. The molecule has 2 aliphatic carbocycles. The third-order valence-electron chi connectivity index (χ3n) is 6.06. The summed E-state index contributed by atoms with van der Waals surface area (Å²) in [4.78, 5) is 35.3. The van der Waals surface area contributed by atoms with Gasteiger partial charge >= 0.3 is 0 Å². The predicted molar refractivity (Wildman–Crippen MR) is 120 cm³/mol. The molecule has 5 rings (SSSR count). The number of nitrogens with one attached hydrogen (secondary N) is 2. The van der Waals surface area contributed by atoms with Crippen LogP contribution >= 0.6 is 11.6 Å². The van der Waals surface area contributed by atoms with E-state index in [4.69, 9.17) is 27.8 Å². The quantitative estimate of drug-likeness (QED) is 0.404. The Balaban J connectivity index is 1.49. The highest BCUT2D eigenvalue weighted by molar-refractivity contribution is 6.34. The molecule has 0 spiro atoms. The highest BCUT2D eigenvalue weighted by Gasteiger charge is 2.47. The van der Waals surface area contributed by atoms with E-state index >= 15 is 0 Å². The van der Waals surface area contributed by atoms with Gasteiger partial charge in [0.2, 0.25) is 5.91 Å². The van der Waals surface area contributed by atoms with E-state index in [1.807, 2.05) is 6.07 Å². The highest BCUT2D eigenvalue weighted by atomic mass is 35.5. The molecule has 2 aliphatic rings. The molecule has 0 radical (unpaired) electrons. The molecule has 2 bridgehead atoms. The first kappa shape index (κ1) is 20.3. The van der Waals surface area contributed by atoms with Crippen LogP contribution in [0.5, 0.6) is 5.75 Å². The van der Waals surface area contributed by atoms with Crippen LogP contribution in [0.15, 0.2) is 42.6 Å². The first-order chi connectivity index (χ1) is 15.4. The number of aromatic amines is 1. The van der Waals surface area contributed by atoms with Crippen molar-refractivity contribution in [2.75, 3.05) is 11.9 Å². The van der Waals surface area contributed by atoms with Crippen LogP contribution in [-0.4, -0.2) is 39.4 Å². The van der Waals surface area contributed by atoms with Crippen LogP contribution < -0.4 is 21.5 Å². The molecule has 0 saturated heterocycles. The second kappa shape index (κ2) is 7.83. The van der Waals surface area contributed by atoms with Gasteiger partial charge in [-0.3, -0.25) is 9.59 Å². The van der Waals surface area contributed by atoms with Crippen molar-refractivity contribution < 1.29 is 14.3 Å². The van der Waals surface area contributed by atoms with E-state index in [9.17, 15) is 9.59 Å². The van der Waals surface area contributed by atoms with Crippen molar-refractivity contribution in [2.24, 2.45) is 29.2 Å². The lowest BCUT2D eigenvalue weighted by atomic mass is 9.88. The van der Waals surface area contributed by atoms with E-state index in [2.05, 4.69) is 32.4 Å². The SMILES string of the molecule is NC(=O)COc1cccc(-c2nc3ncc(Cl)c(N[C@H]4[C@@H](C(N)=O)[C@@H]5C=C[C@H]4C5)c3[nH]2)c1. The number of hydrogen-bond acceptors (Lipinski definition) is 6. The number of nitrogens with two attached hydrogens (primary N) is 2. The Labute approximate surface area is 188 Å². The molecule has 1 fully saturated rings. The van der Waals surface area contributed by atoms with E-state index < -0.39 is 5.91 Å². The molecule has 9 nitrogen and oxygen atoms in total. The second-order valence-corrected chi connectivity index (χ2v) is 8.50. The number of allylic oxidation sites excluding steroid dienone is 1. The van der Waals surface area contributed by atoms with E-state index in [-0.39, 0.29) is 36.3 Å². The largest absolute Gasteiger partial charge is 0.484 e. The lowest BCUT2D eigenvalue weighted by molar-refractivity contribution is -0.122. The van der Waals surface area contributed by atoms with Crippen LogP contribution in [0, 0.1) is 17.8 Å². The van der Waals surface area contributed by atoms with Crippen molar-refractivity contribution in [2.45, 2.75) is 12.5 Å². The maximum absolute atomic E-state index is 12.1. The van der Waals surface area contributed by atoms with Crippen LogP contribution in [0.4, 0.5) is 5.69 Å². The monoisotopic (exact) mass is 452 g/mol. The molecule has 2 amide bonds. The zero-order valence-corrected chi connectivity index (χ0v) is 17.7. The lowest BCUT2D eigenvalue weighted by Crippen LogP contribution is -2.41. The normalized spacial score (nSPS) is 23.5. The Morgan fingerprint density at radius 3 is 2.84 bits per heavy atom. The number of carbonyl (C=O) groups is 2. The van der Waals surface area contributed by atoms with Gasteiger partial charge in [-0.1, -0.05) is 35.9 Å². The van der Waals surface area contributed by atoms with Crippen LogP contribution in [0.2, 0.25) is 5.02 Å².